The van der Waals surface area contributed by atoms with Crippen molar-refractivity contribution in [3.63, 3.8) is 0 Å². The van der Waals surface area contributed by atoms with E-state index in [-0.39, 0.29) is 44.0 Å². The molecule has 6 nitrogen and oxygen atoms in total. The topological polar surface area (TPSA) is 78.9 Å². The van der Waals surface area contributed by atoms with Gasteiger partial charge in [-0.3, -0.25) is 14.4 Å². The summed E-state index contributed by atoms with van der Waals surface area (Å²) in [6, 6.07) is 0. The van der Waals surface area contributed by atoms with Crippen molar-refractivity contribution in [2.75, 3.05) is 13.2 Å². The molecule has 0 aromatic rings. The highest BCUT2D eigenvalue weighted by molar-refractivity contribution is 5.71. The van der Waals surface area contributed by atoms with E-state index in [0.717, 1.165) is 89.9 Å². The van der Waals surface area contributed by atoms with E-state index in [9.17, 15) is 14.4 Å². The lowest BCUT2D eigenvalue weighted by molar-refractivity contribution is -0.167. The monoisotopic (exact) mass is 943 g/mol. The number of hydrogen-bond acceptors (Lipinski definition) is 6. The maximum atomic E-state index is 12.8. The highest BCUT2D eigenvalue weighted by Gasteiger charge is 2.19. The molecule has 0 aliphatic rings. The Bertz CT molecular complexity index is 1750. The summed E-state index contributed by atoms with van der Waals surface area (Å²) in [7, 11) is 0. The number of rotatable bonds is 43. The fourth-order valence-electron chi connectivity index (χ4n) is 6.16. The first-order chi connectivity index (χ1) is 34.0. The molecule has 0 bridgehead atoms. The zero-order valence-corrected chi connectivity index (χ0v) is 43.0. The van der Waals surface area contributed by atoms with Crippen molar-refractivity contribution >= 4 is 17.9 Å². The van der Waals surface area contributed by atoms with E-state index in [1.165, 1.54) is 19.3 Å². The summed E-state index contributed by atoms with van der Waals surface area (Å²) in [6.45, 7) is 6.09. The molecule has 0 fully saturated rings. The van der Waals surface area contributed by atoms with Gasteiger partial charge in [0.05, 0.1) is 0 Å². The van der Waals surface area contributed by atoms with Crippen LogP contribution in [0.4, 0.5) is 0 Å². The summed E-state index contributed by atoms with van der Waals surface area (Å²) < 4.78 is 16.7. The normalized spacial score (nSPS) is 13.7. The van der Waals surface area contributed by atoms with E-state index >= 15 is 0 Å². The van der Waals surface area contributed by atoms with Crippen molar-refractivity contribution in [1.29, 1.82) is 0 Å². The molecule has 0 saturated carbocycles. The van der Waals surface area contributed by atoms with Crippen LogP contribution in [0.25, 0.3) is 0 Å². The Morgan fingerprint density at radius 1 is 0.290 bits per heavy atom. The summed E-state index contributed by atoms with van der Waals surface area (Å²) in [4.78, 5) is 38.1. The van der Waals surface area contributed by atoms with Crippen LogP contribution in [0.2, 0.25) is 0 Å². The molecule has 0 aromatic carbocycles. The zero-order valence-electron chi connectivity index (χ0n) is 43.0. The molecule has 378 valence electrons. The molecule has 0 aromatic heterocycles. The molecule has 69 heavy (non-hydrogen) atoms. The first-order valence-electron chi connectivity index (χ1n) is 26.2. The van der Waals surface area contributed by atoms with Gasteiger partial charge in [0.2, 0.25) is 0 Å². The largest absolute Gasteiger partial charge is 0.462 e. The van der Waals surface area contributed by atoms with Crippen LogP contribution in [0, 0.1) is 0 Å². The molecule has 0 spiro atoms. The van der Waals surface area contributed by atoms with E-state index in [1.807, 2.05) is 134 Å². The van der Waals surface area contributed by atoms with Crippen molar-refractivity contribution in [3.05, 3.63) is 194 Å². The molecular formula is C63H90O6. The Hall–Kier alpha value is -5.75. The molecule has 0 N–H and O–H groups in total. The van der Waals surface area contributed by atoms with Gasteiger partial charge in [-0.25, -0.2) is 0 Å². The second-order valence-electron chi connectivity index (χ2n) is 16.3. The third-order valence-electron chi connectivity index (χ3n) is 9.99. The van der Waals surface area contributed by atoms with E-state index < -0.39 is 6.10 Å². The van der Waals surface area contributed by atoms with Crippen molar-refractivity contribution in [3.8, 4) is 0 Å². The first-order valence-corrected chi connectivity index (χ1v) is 26.2. The quantitative estimate of drug-likeness (QED) is 0.0262. The minimum absolute atomic E-state index is 0.130. The van der Waals surface area contributed by atoms with Crippen LogP contribution >= 0.6 is 0 Å². The Morgan fingerprint density at radius 3 is 0.826 bits per heavy atom. The molecule has 0 rings (SSSR count). The van der Waals surface area contributed by atoms with Gasteiger partial charge in [-0.15, -0.1) is 0 Å². The lowest BCUT2D eigenvalue weighted by Crippen LogP contribution is -2.30. The summed E-state index contributed by atoms with van der Waals surface area (Å²) in [6.07, 6.45) is 84.0. The Labute approximate surface area is 420 Å². The fraction of sp³-hybridized carbons (Fsp3) is 0.444. The predicted octanol–water partition coefficient (Wildman–Crippen LogP) is 17.5. The average Bonchev–Trinajstić information content (AvgIpc) is 3.35. The van der Waals surface area contributed by atoms with Gasteiger partial charge < -0.3 is 14.2 Å². The number of carbonyl (C=O) groups is 3. The number of carbonyl (C=O) groups excluding carboxylic acids is 3. The first kappa shape index (κ1) is 63.2. The van der Waals surface area contributed by atoms with Gasteiger partial charge in [0.1, 0.15) is 13.2 Å². The Kier molecular flexibility index (Phi) is 50.3. The average molecular weight is 943 g/mol. The van der Waals surface area contributed by atoms with Crippen molar-refractivity contribution in [2.45, 2.75) is 168 Å². The summed E-state index contributed by atoms with van der Waals surface area (Å²) in [5.41, 5.74) is 0. The number of hydrogen-bond donors (Lipinski definition) is 0. The molecule has 6 heteroatoms. The molecule has 0 aliphatic heterocycles. The predicted molar refractivity (Wildman–Crippen MR) is 297 cm³/mol. The SMILES string of the molecule is CC\C=C/C=C\C=C/C=C\C=C\C=C/C=C\CCCCCC(=O)OCC(COC(=O)CCCCCCCCC\C=C/C=C\C=C/CC)OC(=O)CCCCC\C=C/C=C/C=C\C=C/C=C\C=C/CC. The van der Waals surface area contributed by atoms with Gasteiger partial charge in [-0.1, -0.05) is 260 Å². The van der Waals surface area contributed by atoms with E-state index in [1.54, 1.807) is 0 Å². The highest BCUT2D eigenvalue weighted by atomic mass is 16.6. The number of allylic oxidation sites excluding steroid dienone is 32. The second-order valence-corrected chi connectivity index (χ2v) is 16.3. The zero-order chi connectivity index (χ0) is 50.0. The minimum atomic E-state index is -0.839. The van der Waals surface area contributed by atoms with E-state index in [2.05, 4.69) is 81.5 Å². The minimum Gasteiger partial charge on any atom is -0.462 e. The molecular weight excluding hydrogens is 853 g/mol. The summed E-state index contributed by atoms with van der Waals surface area (Å²) in [5, 5.41) is 0. The van der Waals surface area contributed by atoms with Crippen LogP contribution in [-0.2, 0) is 28.6 Å². The number of unbranched alkanes of at least 4 members (excludes halogenated alkanes) is 13. The summed E-state index contributed by atoms with van der Waals surface area (Å²) >= 11 is 0. The van der Waals surface area contributed by atoms with Crippen LogP contribution in [0.3, 0.4) is 0 Å². The lowest BCUT2D eigenvalue weighted by atomic mass is 10.1. The third kappa shape index (κ3) is 53.1. The van der Waals surface area contributed by atoms with Gasteiger partial charge in [0, 0.05) is 19.3 Å². The highest BCUT2D eigenvalue weighted by Crippen LogP contribution is 2.12. The maximum absolute atomic E-state index is 12.8. The van der Waals surface area contributed by atoms with Crippen molar-refractivity contribution in [1.82, 2.24) is 0 Å². The number of esters is 3. The van der Waals surface area contributed by atoms with Crippen LogP contribution in [0.15, 0.2) is 194 Å². The van der Waals surface area contributed by atoms with E-state index in [4.69, 9.17) is 14.2 Å². The molecule has 1 unspecified atom stereocenters. The molecule has 0 amide bonds. The Morgan fingerprint density at radius 2 is 0.522 bits per heavy atom. The van der Waals surface area contributed by atoms with Crippen molar-refractivity contribution < 1.29 is 28.6 Å². The second kappa shape index (κ2) is 54.9. The van der Waals surface area contributed by atoms with Gasteiger partial charge >= 0.3 is 17.9 Å². The van der Waals surface area contributed by atoms with Gasteiger partial charge in [-0.2, -0.15) is 0 Å². The Balaban J connectivity index is 4.66. The summed E-state index contributed by atoms with van der Waals surface area (Å²) in [5.74, 6) is -1.05. The van der Waals surface area contributed by atoms with Crippen LogP contribution < -0.4 is 0 Å². The molecule has 0 radical (unpaired) electrons. The molecule has 0 heterocycles. The molecule has 0 aliphatic carbocycles. The van der Waals surface area contributed by atoms with Gasteiger partial charge in [0.15, 0.2) is 6.10 Å². The number of ether oxygens (including phenoxy) is 3. The van der Waals surface area contributed by atoms with Gasteiger partial charge in [-0.05, 0) is 77.0 Å². The molecule has 0 saturated heterocycles. The van der Waals surface area contributed by atoms with Crippen LogP contribution in [0.1, 0.15) is 162 Å². The maximum Gasteiger partial charge on any atom is 0.306 e. The lowest BCUT2D eigenvalue weighted by Gasteiger charge is -2.18. The van der Waals surface area contributed by atoms with E-state index in [0.29, 0.717) is 19.3 Å². The molecule has 1 atom stereocenters. The van der Waals surface area contributed by atoms with Crippen LogP contribution in [0.5, 0.6) is 0 Å². The van der Waals surface area contributed by atoms with Crippen LogP contribution in [-0.4, -0.2) is 37.2 Å². The fourth-order valence-corrected chi connectivity index (χ4v) is 6.16. The standard InChI is InChI=1S/C63H90O6/c1-4-7-10-13-16-19-22-25-28-30-31-33-35-38-41-44-47-50-53-56-62(65)68-59-60(58-67-61(64)55-52-49-46-43-40-37-34-27-24-21-18-15-12-9-6-3)69-63(66)57-54-51-48-45-42-39-36-32-29-26-23-20-17-14-11-8-5-2/h7-26,28-33,35-36,38-39,41-42,60H,4-6,27,34,37,40,43-59H2,1-3H3/b10-7-,11-8-,12-9-,16-13-,17-14-,18-15-,22-19-,23-20-,24-21-,28-25-,29-26-,31-30+,35-33-,36-32+,41-38-,42-39-. The van der Waals surface area contributed by atoms with Gasteiger partial charge in [0.25, 0.3) is 0 Å². The van der Waals surface area contributed by atoms with Crippen molar-refractivity contribution in [2.24, 2.45) is 0 Å². The third-order valence-corrected chi connectivity index (χ3v) is 9.99. The smallest absolute Gasteiger partial charge is 0.306 e.